The minimum absolute atomic E-state index is 0.174. The van der Waals surface area contributed by atoms with E-state index in [9.17, 15) is 4.79 Å². The van der Waals surface area contributed by atoms with Gasteiger partial charge in [-0.15, -0.1) is 0 Å². The highest BCUT2D eigenvalue weighted by atomic mass is 16.1. The first kappa shape index (κ1) is 12.0. The summed E-state index contributed by atoms with van der Waals surface area (Å²) < 4.78 is 0. The van der Waals surface area contributed by atoms with Gasteiger partial charge in [0.15, 0.2) is 0 Å². The molecule has 0 aliphatic carbocycles. The fourth-order valence-corrected chi connectivity index (χ4v) is 1.48. The Kier molecular flexibility index (Phi) is 3.52. The number of rotatable bonds is 3. The lowest BCUT2D eigenvalue weighted by molar-refractivity contribution is 0.0950. The van der Waals surface area contributed by atoms with Gasteiger partial charge < -0.3 is 11.1 Å². The zero-order valence-corrected chi connectivity index (χ0v) is 10.1. The molecule has 0 aliphatic rings. The quantitative estimate of drug-likeness (QED) is 0.795. The topological polar surface area (TPSA) is 80.9 Å². The van der Waals surface area contributed by atoms with Gasteiger partial charge in [-0.1, -0.05) is 6.07 Å². The van der Waals surface area contributed by atoms with Gasteiger partial charge in [-0.3, -0.25) is 4.79 Å². The van der Waals surface area contributed by atoms with Crippen LogP contribution in [0.15, 0.2) is 36.5 Å². The third-order valence-electron chi connectivity index (χ3n) is 2.60. The Balaban J connectivity index is 2.02. The van der Waals surface area contributed by atoms with Gasteiger partial charge in [0.2, 0.25) is 0 Å². The van der Waals surface area contributed by atoms with Crippen molar-refractivity contribution < 1.29 is 4.79 Å². The average molecular weight is 242 g/mol. The molecule has 1 heterocycles. The van der Waals surface area contributed by atoms with Gasteiger partial charge in [0.05, 0.1) is 12.2 Å². The summed E-state index contributed by atoms with van der Waals surface area (Å²) in [6.45, 7) is 2.25. The molecule has 2 rings (SSSR count). The van der Waals surface area contributed by atoms with Crippen molar-refractivity contribution in [2.45, 2.75) is 13.5 Å². The molecule has 1 aromatic carbocycles. The van der Waals surface area contributed by atoms with Crippen LogP contribution in [0.1, 0.15) is 21.6 Å². The van der Waals surface area contributed by atoms with Crippen LogP contribution in [0.5, 0.6) is 0 Å². The average Bonchev–Trinajstić information content (AvgIpc) is 2.40. The molecule has 0 spiro atoms. The van der Waals surface area contributed by atoms with E-state index in [0.29, 0.717) is 23.5 Å². The summed E-state index contributed by atoms with van der Waals surface area (Å²) in [7, 11) is 0. The zero-order chi connectivity index (χ0) is 13.0. The van der Waals surface area contributed by atoms with E-state index in [4.69, 9.17) is 5.73 Å². The minimum Gasteiger partial charge on any atom is -0.398 e. The molecule has 0 saturated heterocycles. The number of nitrogen functional groups attached to an aromatic ring is 1. The summed E-state index contributed by atoms with van der Waals surface area (Å²) in [5.74, 6) is -0.174. The van der Waals surface area contributed by atoms with Crippen LogP contribution in [0.4, 0.5) is 5.69 Å². The lowest BCUT2D eigenvalue weighted by Crippen LogP contribution is -2.23. The van der Waals surface area contributed by atoms with Gasteiger partial charge in [-0.2, -0.15) is 10.2 Å². The lowest BCUT2D eigenvalue weighted by Gasteiger charge is -2.06. The molecular formula is C13H14N4O. The molecule has 0 unspecified atom stereocenters. The van der Waals surface area contributed by atoms with Crippen LogP contribution in [-0.2, 0) is 6.54 Å². The number of nitrogens with one attached hydrogen (secondary N) is 1. The van der Waals surface area contributed by atoms with E-state index in [2.05, 4.69) is 15.5 Å². The highest BCUT2D eigenvalue weighted by Crippen LogP contribution is 2.12. The Labute approximate surface area is 105 Å². The Hall–Kier alpha value is -2.43. The van der Waals surface area contributed by atoms with Gasteiger partial charge >= 0.3 is 0 Å². The third-order valence-corrected chi connectivity index (χ3v) is 2.60. The molecule has 2 aromatic rings. The highest BCUT2D eigenvalue weighted by Gasteiger charge is 2.06. The van der Waals surface area contributed by atoms with Crippen molar-refractivity contribution >= 4 is 11.6 Å². The van der Waals surface area contributed by atoms with E-state index in [-0.39, 0.29) is 5.91 Å². The number of carbonyl (C=O) groups excluding carboxylic acids is 1. The Morgan fingerprint density at radius 2 is 2.22 bits per heavy atom. The van der Waals surface area contributed by atoms with Gasteiger partial charge in [-0.05, 0) is 36.8 Å². The number of aromatic nitrogens is 2. The van der Waals surface area contributed by atoms with Crippen LogP contribution in [0, 0.1) is 6.92 Å². The molecule has 5 nitrogen and oxygen atoms in total. The van der Waals surface area contributed by atoms with Crippen LogP contribution < -0.4 is 11.1 Å². The molecule has 92 valence electrons. The molecular weight excluding hydrogens is 228 g/mol. The third kappa shape index (κ3) is 2.82. The molecule has 1 aromatic heterocycles. The maximum absolute atomic E-state index is 11.9. The molecule has 0 atom stereocenters. The minimum atomic E-state index is -0.174. The van der Waals surface area contributed by atoms with Crippen LogP contribution >= 0.6 is 0 Å². The molecule has 18 heavy (non-hydrogen) atoms. The van der Waals surface area contributed by atoms with Crippen molar-refractivity contribution in [3.63, 3.8) is 0 Å². The maximum atomic E-state index is 11.9. The fourth-order valence-electron chi connectivity index (χ4n) is 1.48. The van der Waals surface area contributed by atoms with E-state index < -0.39 is 0 Å². The normalized spacial score (nSPS) is 10.1. The lowest BCUT2D eigenvalue weighted by atomic mass is 10.1. The van der Waals surface area contributed by atoms with Crippen LogP contribution in [0.3, 0.4) is 0 Å². The summed E-state index contributed by atoms with van der Waals surface area (Å²) >= 11 is 0. The number of carbonyl (C=O) groups is 1. The number of hydrogen-bond donors (Lipinski definition) is 2. The SMILES string of the molecule is Cc1ccc(C(=O)NCc2cccnn2)cc1N. The van der Waals surface area contributed by atoms with Gasteiger partial charge in [0.25, 0.3) is 5.91 Å². The number of hydrogen-bond acceptors (Lipinski definition) is 4. The van der Waals surface area contributed by atoms with Crippen molar-refractivity contribution in [2.24, 2.45) is 0 Å². The molecule has 5 heteroatoms. The van der Waals surface area contributed by atoms with Crippen molar-refractivity contribution in [1.82, 2.24) is 15.5 Å². The Morgan fingerprint density at radius 1 is 1.39 bits per heavy atom. The Morgan fingerprint density at radius 3 is 2.89 bits per heavy atom. The van der Waals surface area contributed by atoms with Crippen LogP contribution in [0.2, 0.25) is 0 Å². The molecule has 0 saturated carbocycles. The fraction of sp³-hybridized carbons (Fsp3) is 0.154. The summed E-state index contributed by atoms with van der Waals surface area (Å²) in [6.07, 6.45) is 1.59. The summed E-state index contributed by atoms with van der Waals surface area (Å²) in [6, 6.07) is 8.82. The number of amides is 1. The van der Waals surface area contributed by atoms with Crippen molar-refractivity contribution in [3.05, 3.63) is 53.3 Å². The van der Waals surface area contributed by atoms with E-state index >= 15 is 0 Å². The number of nitrogens with zero attached hydrogens (tertiary/aromatic N) is 2. The molecule has 0 radical (unpaired) electrons. The number of benzene rings is 1. The van der Waals surface area contributed by atoms with Gasteiger partial charge in [0.1, 0.15) is 0 Å². The number of nitrogens with two attached hydrogens (primary N) is 1. The van der Waals surface area contributed by atoms with E-state index in [1.165, 1.54) is 0 Å². The second-order valence-electron chi connectivity index (χ2n) is 3.97. The number of aryl methyl sites for hydroxylation is 1. The first-order valence-corrected chi connectivity index (χ1v) is 5.58. The predicted molar refractivity (Wildman–Crippen MR) is 68.8 cm³/mol. The first-order chi connectivity index (χ1) is 8.66. The highest BCUT2D eigenvalue weighted by molar-refractivity contribution is 5.95. The summed E-state index contributed by atoms with van der Waals surface area (Å²) in [5.41, 5.74) is 8.59. The second kappa shape index (κ2) is 5.27. The first-order valence-electron chi connectivity index (χ1n) is 5.58. The smallest absolute Gasteiger partial charge is 0.251 e. The predicted octanol–water partition coefficient (Wildman–Crippen LogP) is 1.30. The molecule has 0 bridgehead atoms. The standard InChI is InChI=1S/C13H14N4O/c1-9-4-5-10(7-12(9)14)13(18)15-8-11-3-2-6-16-17-11/h2-7H,8,14H2,1H3,(H,15,18). The molecule has 0 fully saturated rings. The van der Waals surface area contributed by atoms with E-state index in [0.717, 1.165) is 5.56 Å². The Bertz CT molecular complexity index is 554. The zero-order valence-electron chi connectivity index (χ0n) is 10.1. The second-order valence-corrected chi connectivity index (χ2v) is 3.97. The van der Waals surface area contributed by atoms with Gasteiger partial charge in [0, 0.05) is 17.4 Å². The molecule has 0 aliphatic heterocycles. The van der Waals surface area contributed by atoms with Crippen molar-refractivity contribution in [2.75, 3.05) is 5.73 Å². The summed E-state index contributed by atoms with van der Waals surface area (Å²) in [4.78, 5) is 11.9. The molecule has 1 amide bonds. The van der Waals surface area contributed by atoms with E-state index in [1.807, 2.05) is 13.0 Å². The number of anilines is 1. The summed E-state index contributed by atoms with van der Waals surface area (Å²) in [5, 5.41) is 10.4. The van der Waals surface area contributed by atoms with E-state index in [1.54, 1.807) is 30.5 Å². The molecule has 3 N–H and O–H groups in total. The monoisotopic (exact) mass is 242 g/mol. The van der Waals surface area contributed by atoms with Crippen molar-refractivity contribution in [3.8, 4) is 0 Å². The maximum Gasteiger partial charge on any atom is 0.251 e. The van der Waals surface area contributed by atoms with Crippen LogP contribution in [-0.4, -0.2) is 16.1 Å². The largest absolute Gasteiger partial charge is 0.398 e. The van der Waals surface area contributed by atoms with Crippen molar-refractivity contribution in [1.29, 1.82) is 0 Å². The van der Waals surface area contributed by atoms with Crippen LogP contribution in [0.25, 0.3) is 0 Å². The van der Waals surface area contributed by atoms with Gasteiger partial charge in [-0.25, -0.2) is 0 Å².